The quantitative estimate of drug-likeness (QED) is 0.215. The number of thioether (sulfide) groups is 1. The lowest BCUT2D eigenvalue weighted by Gasteiger charge is -2.13. The maximum atomic E-state index is 13.6. The van der Waals surface area contributed by atoms with Crippen LogP contribution in [0, 0.1) is 0 Å². The standard InChI is InChI=1S/C28H30N4O4S2/c33-23(30-17-20-10-7-15-36-20)13-6-14-32-27(35)26-25(21-11-4-5-12-22(21)38-26)31-28(32)37-18-24(34)29-16-19-8-2-1-3-9-19/h1-5,8-9,11-12,20H,6-7,10,13-18H2,(H,29,34)(H,30,33)/t20-/m1/s1. The van der Waals surface area contributed by atoms with E-state index in [1.807, 2.05) is 54.6 Å². The third-order valence-corrected chi connectivity index (χ3v) is 8.57. The number of hydrogen-bond acceptors (Lipinski definition) is 7. The number of fused-ring (bicyclic) bond motifs is 3. The summed E-state index contributed by atoms with van der Waals surface area (Å²) >= 11 is 2.67. The number of nitrogens with zero attached hydrogens (tertiary/aromatic N) is 2. The van der Waals surface area contributed by atoms with E-state index in [-0.39, 0.29) is 29.2 Å². The van der Waals surface area contributed by atoms with Gasteiger partial charge in [0.05, 0.1) is 17.4 Å². The molecular formula is C28H30N4O4S2. The van der Waals surface area contributed by atoms with E-state index in [2.05, 4.69) is 10.6 Å². The zero-order valence-corrected chi connectivity index (χ0v) is 22.6. The number of carbonyl (C=O) groups excluding carboxylic acids is 2. The van der Waals surface area contributed by atoms with E-state index in [1.165, 1.54) is 23.1 Å². The molecule has 1 aliphatic rings. The molecule has 0 bridgehead atoms. The molecule has 1 saturated heterocycles. The molecule has 4 aromatic rings. The molecule has 2 aromatic carbocycles. The van der Waals surface area contributed by atoms with Crippen molar-refractivity contribution in [3.8, 4) is 0 Å². The Bertz CT molecular complexity index is 1480. The summed E-state index contributed by atoms with van der Waals surface area (Å²) < 4.78 is 8.76. The monoisotopic (exact) mass is 550 g/mol. The van der Waals surface area contributed by atoms with E-state index < -0.39 is 0 Å². The lowest BCUT2D eigenvalue weighted by molar-refractivity contribution is -0.121. The van der Waals surface area contributed by atoms with Gasteiger partial charge in [-0.3, -0.25) is 19.0 Å². The van der Waals surface area contributed by atoms with Crippen LogP contribution >= 0.6 is 23.1 Å². The minimum absolute atomic E-state index is 0.0565. The highest BCUT2D eigenvalue weighted by Gasteiger charge is 2.19. The van der Waals surface area contributed by atoms with Crippen molar-refractivity contribution in [2.24, 2.45) is 0 Å². The van der Waals surface area contributed by atoms with Gasteiger partial charge in [-0.25, -0.2) is 4.98 Å². The highest BCUT2D eigenvalue weighted by molar-refractivity contribution is 7.99. The summed E-state index contributed by atoms with van der Waals surface area (Å²) in [4.78, 5) is 43.3. The number of ether oxygens (including phenoxy) is 1. The smallest absolute Gasteiger partial charge is 0.272 e. The van der Waals surface area contributed by atoms with E-state index in [0.717, 1.165) is 35.1 Å². The number of rotatable bonds is 11. The fourth-order valence-electron chi connectivity index (χ4n) is 4.46. The normalized spacial score (nSPS) is 15.2. The zero-order valence-electron chi connectivity index (χ0n) is 21.0. The van der Waals surface area contributed by atoms with E-state index in [9.17, 15) is 14.4 Å². The van der Waals surface area contributed by atoms with Crippen LogP contribution in [0.25, 0.3) is 20.3 Å². The molecule has 198 valence electrons. The van der Waals surface area contributed by atoms with Crippen molar-refractivity contribution < 1.29 is 14.3 Å². The minimum Gasteiger partial charge on any atom is -0.376 e. The number of benzene rings is 2. The van der Waals surface area contributed by atoms with Crippen molar-refractivity contribution in [1.82, 2.24) is 20.2 Å². The topological polar surface area (TPSA) is 102 Å². The Hall–Kier alpha value is -3.21. The summed E-state index contributed by atoms with van der Waals surface area (Å²) in [6.07, 6.45) is 2.88. The number of hydrogen-bond donors (Lipinski definition) is 2. The average Bonchev–Trinajstić information content (AvgIpc) is 3.60. The first-order valence-corrected chi connectivity index (χ1v) is 14.6. The molecule has 1 atom stereocenters. The van der Waals surface area contributed by atoms with Gasteiger partial charge in [0.25, 0.3) is 5.56 Å². The summed E-state index contributed by atoms with van der Waals surface area (Å²) in [5.74, 6) is -0.0586. The Morgan fingerprint density at radius 3 is 2.71 bits per heavy atom. The first-order valence-electron chi connectivity index (χ1n) is 12.8. The van der Waals surface area contributed by atoms with Crippen LogP contribution in [0.1, 0.15) is 31.2 Å². The van der Waals surface area contributed by atoms with Gasteiger partial charge in [-0.05, 0) is 30.9 Å². The molecule has 3 heterocycles. The highest BCUT2D eigenvalue weighted by Crippen LogP contribution is 2.31. The lowest BCUT2D eigenvalue weighted by Crippen LogP contribution is -2.32. The van der Waals surface area contributed by atoms with Crippen molar-refractivity contribution in [2.75, 3.05) is 18.9 Å². The van der Waals surface area contributed by atoms with Crippen LogP contribution in [0.2, 0.25) is 0 Å². The average molecular weight is 551 g/mol. The van der Waals surface area contributed by atoms with Crippen molar-refractivity contribution in [3.63, 3.8) is 0 Å². The van der Waals surface area contributed by atoms with E-state index in [1.54, 1.807) is 4.57 Å². The van der Waals surface area contributed by atoms with Crippen LogP contribution in [0.5, 0.6) is 0 Å². The maximum absolute atomic E-state index is 13.6. The fraction of sp³-hybridized carbons (Fsp3) is 0.357. The van der Waals surface area contributed by atoms with Crippen molar-refractivity contribution >= 4 is 55.2 Å². The summed E-state index contributed by atoms with van der Waals surface area (Å²) in [5.41, 5.74) is 1.54. The largest absolute Gasteiger partial charge is 0.376 e. The molecule has 2 amide bonds. The van der Waals surface area contributed by atoms with Crippen molar-refractivity contribution in [2.45, 2.75) is 50.0 Å². The summed E-state index contributed by atoms with van der Waals surface area (Å²) in [6.45, 7) is 2.06. The maximum Gasteiger partial charge on any atom is 0.272 e. The van der Waals surface area contributed by atoms with Crippen LogP contribution in [0.4, 0.5) is 0 Å². The third-order valence-electron chi connectivity index (χ3n) is 6.45. The molecule has 2 N–H and O–H groups in total. The molecule has 1 aliphatic heterocycles. The predicted octanol–water partition coefficient (Wildman–Crippen LogP) is 4.10. The van der Waals surface area contributed by atoms with Gasteiger partial charge in [0.15, 0.2) is 5.16 Å². The van der Waals surface area contributed by atoms with Crippen LogP contribution in [0.15, 0.2) is 64.5 Å². The molecule has 0 spiro atoms. The van der Waals surface area contributed by atoms with Crippen LogP contribution in [0.3, 0.4) is 0 Å². The third kappa shape index (κ3) is 6.43. The van der Waals surface area contributed by atoms with Gasteiger partial charge >= 0.3 is 0 Å². The van der Waals surface area contributed by atoms with E-state index in [0.29, 0.717) is 47.8 Å². The molecular weight excluding hydrogens is 520 g/mol. The zero-order chi connectivity index (χ0) is 26.3. The summed E-state index contributed by atoms with van der Waals surface area (Å²) in [5, 5.41) is 7.27. The Morgan fingerprint density at radius 1 is 1.08 bits per heavy atom. The number of amides is 2. The fourth-order valence-corrected chi connectivity index (χ4v) is 6.40. The molecule has 2 aromatic heterocycles. The number of thiophene rings is 1. The SMILES string of the molecule is O=C(CCCn1c(SCC(=O)NCc2ccccc2)nc2c(sc3ccccc32)c1=O)NC[C@H]1CCCO1. The summed E-state index contributed by atoms with van der Waals surface area (Å²) in [6, 6.07) is 17.5. The molecule has 0 radical (unpaired) electrons. The Morgan fingerprint density at radius 2 is 1.89 bits per heavy atom. The predicted molar refractivity (Wildman–Crippen MR) is 152 cm³/mol. The van der Waals surface area contributed by atoms with Gasteiger partial charge in [-0.15, -0.1) is 11.3 Å². The van der Waals surface area contributed by atoms with Gasteiger partial charge in [0.1, 0.15) is 4.70 Å². The van der Waals surface area contributed by atoms with Crippen molar-refractivity contribution in [1.29, 1.82) is 0 Å². The molecule has 0 aliphatic carbocycles. The molecule has 1 fully saturated rings. The molecule has 0 saturated carbocycles. The Balaban J connectivity index is 1.29. The first-order chi connectivity index (χ1) is 18.6. The van der Waals surface area contributed by atoms with Gasteiger partial charge < -0.3 is 15.4 Å². The first kappa shape index (κ1) is 26.4. The number of nitrogens with one attached hydrogen (secondary N) is 2. The number of aromatic nitrogens is 2. The molecule has 0 unspecified atom stereocenters. The van der Waals surface area contributed by atoms with Crippen molar-refractivity contribution in [3.05, 3.63) is 70.5 Å². The van der Waals surface area contributed by atoms with Gasteiger partial charge in [0.2, 0.25) is 11.8 Å². The molecule has 8 nitrogen and oxygen atoms in total. The minimum atomic E-state index is -0.136. The van der Waals surface area contributed by atoms with Crippen LogP contribution in [-0.2, 0) is 27.4 Å². The lowest BCUT2D eigenvalue weighted by atomic mass is 10.2. The molecule has 38 heavy (non-hydrogen) atoms. The van der Waals surface area contributed by atoms with Crippen LogP contribution < -0.4 is 16.2 Å². The summed E-state index contributed by atoms with van der Waals surface area (Å²) in [7, 11) is 0. The Kier molecular flexibility index (Phi) is 8.72. The van der Waals surface area contributed by atoms with E-state index >= 15 is 0 Å². The van der Waals surface area contributed by atoms with Gasteiger partial charge in [0, 0.05) is 42.7 Å². The number of carbonyl (C=O) groups is 2. The van der Waals surface area contributed by atoms with Gasteiger partial charge in [-0.2, -0.15) is 0 Å². The van der Waals surface area contributed by atoms with E-state index in [4.69, 9.17) is 9.72 Å². The van der Waals surface area contributed by atoms with Gasteiger partial charge in [-0.1, -0.05) is 60.3 Å². The molecule has 10 heteroatoms. The Labute approximate surface area is 228 Å². The molecule has 5 rings (SSSR count). The second-order valence-corrected chi connectivity index (χ2v) is 11.2. The second-order valence-electron chi connectivity index (χ2n) is 9.22. The second kappa shape index (κ2) is 12.6. The van der Waals surface area contributed by atoms with Crippen LogP contribution in [-0.4, -0.2) is 46.4 Å². The highest BCUT2D eigenvalue weighted by atomic mass is 32.2.